The van der Waals surface area contributed by atoms with Gasteiger partial charge >= 0.3 is 5.97 Å². The number of amides is 1. The number of ether oxygens (including phenoxy) is 1. The van der Waals surface area contributed by atoms with Gasteiger partial charge in [0.15, 0.2) is 0 Å². The number of likely N-dealkylation sites (tertiary alicyclic amines) is 1. The van der Waals surface area contributed by atoms with E-state index in [-0.39, 0.29) is 18.6 Å². The van der Waals surface area contributed by atoms with Crippen molar-refractivity contribution < 1.29 is 19.4 Å². The quantitative estimate of drug-likeness (QED) is 0.440. The van der Waals surface area contributed by atoms with Crippen LogP contribution < -0.4 is 0 Å². The van der Waals surface area contributed by atoms with Gasteiger partial charge in [-0.15, -0.1) is 0 Å². The maximum atomic E-state index is 11.7. The minimum atomic E-state index is -0.427. The number of esters is 1. The van der Waals surface area contributed by atoms with E-state index in [1.807, 2.05) is 13.0 Å². The molecule has 0 aliphatic carbocycles. The van der Waals surface area contributed by atoms with Crippen LogP contribution in [0, 0.1) is 0 Å². The third-order valence-corrected chi connectivity index (χ3v) is 3.60. The Bertz CT molecular complexity index is 465. The number of aliphatic hydroxyl groups is 1. The predicted octanol–water partition coefficient (Wildman–Crippen LogP) is 1.59. The summed E-state index contributed by atoms with van der Waals surface area (Å²) >= 11 is 0. The number of methoxy groups -OCH3 is 1. The molecule has 0 bridgehead atoms. The van der Waals surface area contributed by atoms with Gasteiger partial charge in [-0.1, -0.05) is 24.3 Å². The van der Waals surface area contributed by atoms with Crippen molar-refractivity contribution in [3.05, 3.63) is 36.0 Å². The fourth-order valence-electron chi connectivity index (χ4n) is 2.24. The van der Waals surface area contributed by atoms with Crippen molar-refractivity contribution in [3.63, 3.8) is 0 Å². The highest BCUT2D eigenvalue weighted by Crippen LogP contribution is 2.19. The van der Waals surface area contributed by atoms with E-state index in [0.717, 1.165) is 12.0 Å². The summed E-state index contributed by atoms with van der Waals surface area (Å²) in [5, 5.41) is 9.24. The summed E-state index contributed by atoms with van der Waals surface area (Å²) in [6.45, 7) is 6.10. The smallest absolute Gasteiger partial charge is 0.337 e. The topological polar surface area (TPSA) is 66.8 Å². The highest BCUT2D eigenvalue weighted by atomic mass is 16.5. The van der Waals surface area contributed by atoms with Gasteiger partial charge in [-0.05, 0) is 25.8 Å². The molecular weight excluding hydrogens is 270 g/mol. The molecule has 1 fully saturated rings. The van der Waals surface area contributed by atoms with E-state index in [9.17, 15) is 14.7 Å². The minimum absolute atomic E-state index is 0.0113. The Balaban J connectivity index is 2.60. The van der Waals surface area contributed by atoms with Gasteiger partial charge in [-0.25, -0.2) is 4.79 Å². The first kappa shape index (κ1) is 17.2. The normalized spacial score (nSPS) is 19.9. The first-order valence-electron chi connectivity index (χ1n) is 7.02. The van der Waals surface area contributed by atoms with Gasteiger partial charge in [-0.2, -0.15) is 0 Å². The molecule has 5 nitrogen and oxygen atoms in total. The first-order valence-corrected chi connectivity index (χ1v) is 7.02. The lowest BCUT2D eigenvalue weighted by Gasteiger charge is -2.23. The average molecular weight is 293 g/mol. The SMILES string of the molecule is C=C/C(=C\C=C(/C)CCN1C(=O)CC[C@@H]1CO)C(=O)OC. The summed E-state index contributed by atoms with van der Waals surface area (Å²) in [6.07, 6.45) is 6.86. The van der Waals surface area contributed by atoms with E-state index >= 15 is 0 Å². The molecule has 5 heteroatoms. The third-order valence-electron chi connectivity index (χ3n) is 3.60. The van der Waals surface area contributed by atoms with Crippen molar-refractivity contribution in [1.29, 1.82) is 0 Å². The monoisotopic (exact) mass is 293 g/mol. The van der Waals surface area contributed by atoms with Crippen LogP contribution in [0.4, 0.5) is 0 Å². The Hall–Kier alpha value is -1.88. The summed E-state index contributed by atoms with van der Waals surface area (Å²) in [7, 11) is 1.32. The molecule has 1 saturated heterocycles. The number of rotatable bonds is 7. The van der Waals surface area contributed by atoms with Crippen LogP contribution in [0.1, 0.15) is 26.2 Å². The zero-order valence-electron chi connectivity index (χ0n) is 12.7. The largest absolute Gasteiger partial charge is 0.465 e. The zero-order valence-corrected chi connectivity index (χ0v) is 12.7. The molecule has 0 unspecified atom stereocenters. The van der Waals surface area contributed by atoms with Gasteiger partial charge in [-0.3, -0.25) is 4.79 Å². The maximum Gasteiger partial charge on any atom is 0.337 e. The highest BCUT2D eigenvalue weighted by molar-refractivity contribution is 5.91. The summed E-state index contributed by atoms with van der Waals surface area (Å²) in [5.41, 5.74) is 1.43. The molecule has 1 heterocycles. The van der Waals surface area contributed by atoms with Crippen molar-refractivity contribution in [2.45, 2.75) is 32.2 Å². The second kappa shape index (κ2) is 8.42. The summed E-state index contributed by atoms with van der Waals surface area (Å²) in [6, 6.07) is -0.0559. The van der Waals surface area contributed by atoms with Crippen LogP contribution in [0.3, 0.4) is 0 Å². The van der Waals surface area contributed by atoms with Gasteiger partial charge in [0.25, 0.3) is 0 Å². The van der Waals surface area contributed by atoms with E-state index in [4.69, 9.17) is 0 Å². The predicted molar refractivity (Wildman–Crippen MR) is 80.5 cm³/mol. The third kappa shape index (κ3) is 4.86. The van der Waals surface area contributed by atoms with Gasteiger partial charge in [0.2, 0.25) is 5.91 Å². The number of hydrogen-bond donors (Lipinski definition) is 1. The van der Waals surface area contributed by atoms with Crippen LogP contribution in [0.15, 0.2) is 36.0 Å². The fourth-order valence-corrected chi connectivity index (χ4v) is 2.24. The molecule has 1 aliphatic heterocycles. The lowest BCUT2D eigenvalue weighted by molar-refractivity contribution is -0.135. The minimum Gasteiger partial charge on any atom is -0.465 e. The average Bonchev–Trinajstić information content (AvgIpc) is 2.85. The molecule has 0 spiro atoms. The number of carbonyl (C=O) groups excluding carboxylic acids is 2. The molecule has 1 aliphatic rings. The molecule has 21 heavy (non-hydrogen) atoms. The van der Waals surface area contributed by atoms with Crippen molar-refractivity contribution in [2.75, 3.05) is 20.3 Å². The highest BCUT2D eigenvalue weighted by Gasteiger charge is 2.29. The van der Waals surface area contributed by atoms with Crippen molar-refractivity contribution in [2.24, 2.45) is 0 Å². The second-order valence-corrected chi connectivity index (χ2v) is 5.04. The van der Waals surface area contributed by atoms with Crippen molar-refractivity contribution in [3.8, 4) is 0 Å². The Kier molecular flexibility index (Phi) is 6.88. The molecule has 1 amide bonds. The van der Waals surface area contributed by atoms with Crippen LogP contribution in [0.25, 0.3) is 0 Å². The maximum absolute atomic E-state index is 11.7. The summed E-state index contributed by atoms with van der Waals surface area (Å²) in [5.74, 6) is -0.331. The molecule has 0 radical (unpaired) electrons. The van der Waals surface area contributed by atoms with Gasteiger partial charge in [0.05, 0.1) is 25.3 Å². The Morgan fingerprint density at radius 2 is 2.24 bits per heavy atom. The molecule has 0 aromatic carbocycles. The lowest BCUT2D eigenvalue weighted by Crippen LogP contribution is -2.36. The molecule has 0 saturated carbocycles. The zero-order chi connectivity index (χ0) is 15.8. The Labute approximate surface area is 125 Å². The first-order chi connectivity index (χ1) is 10.0. The van der Waals surface area contributed by atoms with E-state index in [1.165, 1.54) is 13.2 Å². The molecule has 1 atom stereocenters. The van der Waals surface area contributed by atoms with Crippen molar-refractivity contribution in [1.82, 2.24) is 4.90 Å². The van der Waals surface area contributed by atoms with Gasteiger partial charge < -0.3 is 14.7 Å². The second-order valence-electron chi connectivity index (χ2n) is 5.04. The molecule has 1 N–H and O–H groups in total. The van der Waals surface area contributed by atoms with Gasteiger partial charge in [0, 0.05) is 13.0 Å². The van der Waals surface area contributed by atoms with Crippen LogP contribution in [0.2, 0.25) is 0 Å². The summed E-state index contributed by atoms with van der Waals surface area (Å²) in [4.78, 5) is 24.8. The molecule has 0 aromatic heterocycles. The van der Waals surface area contributed by atoms with Crippen LogP contribution in [0.5, 0.6) is 0 Å². The summed E-state index contributed by atoms with van der Waals surface area (Å²) < 4.78 is 4.63. The van der Waals surface area contributed by atoms with Crippen LogP contribution in [-0.2, 0) is 14.3 Å². The van der Waals surface area contributed by atoms with E-state index in [0.29, 0.717) is 25.0 Å². The van der Waals surface area contributed by atoms with Gasteiger partial charge in [0.1, 0.15) is 0 Å². The van der Waals surface area contributed by atoms with E-state index < -0.39 is 5.97 Å². The lowest BCUT2D eigenvalue weighted by atomic mass is 10.1. The molecule has 1 rings (SSSR count). The van der Waals surface area contributed by atoms with Crippen LogP contribution >= 0.6 is 0 Å². The Morgan fingerprint density at radius 3 is 2.81 bits per heavy atom. The van der Waals surface area contributed by atoms with Crippen LogP contribution in [-0.4, -0.2) is 48.2 Å². The number of carbonyl (C=O) groups is 2. The number of allylic oxidation sites excluding steroid dienone is 2. The van der Waals surface area contributed by atoms with E-state index in [2.05, 4.69) is 11.3 Å². The fraction of sp³-hybridized carbons (Fsp3) is 0.500. The number of hydrogen-bond acceptors (Lipinski definition) is 4. The Morgan fingerprint density at radius 1 is 1.52 bits per heavy atom. The standard InChI is InChI=1S/C16H23NO4/c1-4-13(16(20)21-3)6-5-12(2)9-10-17-14(11-18)7-8-15(17)19/h4-6,14,18H,1,7-11H2,2-3H3/b12-5+,13-6+/t14-/m1/s1. The molecule has 0 aromatic rings. The molecular formula is C16H23NO4. The van der Waals surface area contributed by atoms with Crippen molar-refractivity contribution >= 4 is 11.9 Å². The van der Waals surface area contributed by atoms with E-state index in [1.54, 1.807) is 11.0 Å². The number of aliphatic hydroxyl groups excluding tert-OH is 1. The number of nitrogens with zero attached hydrogens (tertiary/aromatic N) is 1. The molecule has 116 valence electrons.